The Kier molecular flexibility index (Phi) is 13.3. The van der Waals surface area contributed by atoms with E-state index in [2.05, 4.69) is 52.0 Å². The van der Waals surface area contributed by atoms with Gasteiger partial charge in [0.15, 0.2) is 5.60 Å². The van der Waals surface area contributed by atoms with Gasteiger partial charge in [-0.05, 0) is 93.6 Å². The van der Waals surface area contributed by atoms with Crippen molar-refractivity contribution in [2.24, 2.45) is 4.99 Å². The molecule has 0 aromatic heterocycles. The number of unbranched alkanes of at least 4 members (excludes halogenated alkanes) is 1. The maximum Gasteiger partial charge on any atom is 0.165 e. The molecule has 8 heteroatoms. The van der Waals surface area contributed by atoms with Crippen LogP contribution < -0.4 is 20.1 Å². The number of nitrogens with one attached hydrogen (secondary N) is 2. The summed E-state index contributed by atoms with van der Waals surface area (Å²) in [5, 5.41) is 6.81. The molecule has 1 aliphatic carbocycles. The van der Waals surface area contributed by atoms with E-state index in [-0.39, 0.29) is 6.10 Å². The second-order valence-electron chi connectivity index (χ2n) is 12.2. The molecule has 8 nitrogen and oxygen atoms in total. The second-order valence-corrected chi connectivity index (χ2v) is 12.2. The van der Waals surface area contributed by atoms with Gasteiger partial charge in [0.1, 0.15) is 17.8 Å². The Morgan fingerprint density at radius 3 is 2.76 bits per heavy atom. The summed E-state index contributed by atoms with van der Waals surface area (Å²) in [5.74, 6) is 2.06. The van der Waals surface area contributed by atoms with Crippen LogP contribution in [0, 0.1) is 0 Å². The number of aliphatic imine (C=N–C) groups is 1. The number of methoxy groups -OCH3 is 1. The first kappa shape index (κ1) is 33.9. The Bertz CT molecular complexity index is 1340. The minimum absolute atomic E-state index is 0.0809. The predicted octanol–water partition coefficient (Wildman–Crippen LogP) is 6.49. The highest BCUT2D eigenvalue weighted by atomic mass is 16.5. The molecule has 1 saturated heterocycles. The summed E-state index contributed by atoms with van der Waals surface area (Å²) < 4.78 is 30.3. The number of hydrogen-bond donors (Lipinski definition) is 2. The number of benzene rings is 2. The highest BCUT2D eigenvalue weighted by Gasteiger charge is 2.37. The molecule has 1 fully saturated rings. The molecule has 2 heterocycles. The summed E-state index contributed by atoms with van der Waals surface area (Å²) in [5.41, 5.74) is 4.38. The highest BCUT2D eigenvalue weighted by Crippen LogP contribution is 2.37. The zero-order chi connectivity index (χ0) is 31.9. The maximum atomic E-state index is 6.73. The van der Waals surface area contributed by atoms with Gasteiger partial charge in [0.05, 0.1) is 52.1 Å². The van der Waals surface area contributed by atoms with Gasteiger partial charge in [-0.2, -0.15) is 0 Å². The molecule has 46 heavy (non-hydrogen) atoms. The Hall–Kier alpha value is -3.43. The largest absolute Gasteiger partial charge is 0.496 e. The molecule has 2 aliphatic heterocycles. The summed E-state index contributed by atoms with van der Waals surface area (Å²) >= 11 is 0. The van der Waals surface area contributed by atoms with Gasteiger partial charge in [-0.1, -0.05) is 42.5 Å². The molecule has 248 valence electrons. The first-order chi connectivity index (χ1) is 22.7. The SMILES string of the molecule is CNCCCCC1(C2=C(COC3CNCCC3c3ccc(OCCCOCc4ccccc4OC)cc3)C=CCC2)C=NC=CO1. The van der Waals surface area contributed by atoms with Crippen molar-refractivity contribution in [1.29, 1.82) is 0 Å². The maximum absolute atomic E-state index is 6.73. The van der Waals surface area contributed by atoms with Gasteiger partial charge in [-0.3, -0.25) is 4.99 Å². The molecule has 0 amide bonds. The molecule has 0 radical (unpaired) electrons. The van der Waals surface area contributed by atoms with Gasteiger partial charge in [0, 0.05) is 24.4 Å². The number of allylic oxidation sites excluding steroid dienone is 1. The molecule has 0 spiro atoms. The Labute approximate surface area is 274 Å². The number of rotatable bonds is 18. The molecule has 0 bridgehead atoms. The normalized spacial score (nSPS) is 22.6. The van der Waals surface area contributed by atoms with Crippen LogP contribution in [0.15, 0.2) is 89.3 Å². The minimum Gasteiger partial charge on any atom is -0.496 e. The van der Waals surface area contributed by atoms with Crippen LogP contribution >= 0.6 is 0 Å². The van der Waals surface area contributed by atoms with E-state index in [9.17, 15) is 0 Å². The van der Waals surface area contributed by atoms with Crippen LogP contribution in [0.2, 0.25) is 0 Å². The molecule has 2 aromatic carbocycles. The van der Waals surface area contributed by atoms with Gasteiger partial charge in [-0.15, -0.1) is 0 Å². The van der Waals surface area contributed by atoms with Crippen LogP contribution in [0.1, 0.15) is 62.0 Å². The van der Waals surface area contributed by atoms with Crippen LogP contribution in [0.3, 0.4) is 0 Å². The molecule has 0 saturated carbocycles. The van der Waals surface area contributed by atoms with Crippen molar-refractivity contribution in [3.8, 4) is 11.5 Å². The van der Waals surface area contributed by atoms with E-state index >= 15 is 0 Å². The molecule has 2 N–H and O–H groups in total. The fourth-order valence-electron chi connectivity index (χ4n) is 6.58. The smallest absolute Gasteiger partial charge is 0.165 e. The topological polar surface area (TPSA) is 82.6 Å². The van der Waals surface area contributed by atoms with Crippen LogP contribution in [-0.4, -0.2) is 71.5 Å². The van der Waals surface area contributed by atoms with Gasteiger partial charge in [-0.25, -0.2) is 0 Å². The van der Waals surface area contributed by atoms with E-state index in [1.807, 2.05) is 37.5 Å². The lowest BCUT2D eigenvalue weighted by Gasteiger charge is -2.37. The summed E-state index contributed by atoms with van der Waals surface area (Å²) in [7, 11) is 3.68. The quantitative estimate of drug-likeness (QED) is 0.183. The third kappa shape index (κ3) is 9.32. The van der Waals surface area contributed by atoms with Crippen molar-refractivity contribution < 1.29 is 23.7 Å². The van der Waals surface area contributed by atoms with E-state index in [1.165, 1.54) is 16.7 Å². The summed E-state index contributed by atoms with van der Waals surface area (Å²) in [6.07, 6.45) is 17.0. The Balaban J connectivity index is 1.13. The molecule has 3 unspecified atom stereocenters. The van der Waals surface area contributed by atoms with Crippen molar-refractivity contribution in [1.82, 2.24) is 10.6 Å². The Morgan fingerprint density at radius 2 is 1.93 bits per heavy atom. The average Bonchev–Trinajstić information content (AvgIpc) is 3.12. The Morgan fingerprint density at radius 1 is 1.04 bits per heavy atom. The monoisotopic (exact) mass is 629 g/mol. The summed E-state index contributed by atoms with van der Waals surface area (Å²) in [4.78, 5) is 4.52. The molecule has 2 aromatic rings. The predicted molar refractivity (Wildman–Crippen MR) is 184 cm³/mol. The lowest BCUT2D eigenvalue weighted by molar-refractivity contribution is 0.0342. The van der Waals surface area contributed by atoms with Crippen LogP contribution in [0.4, 0.5) is 0 Å². The van der Waals surface area contributed by atoms with Gasteiger partial charge in [0.2, 0.25) is 0 Å². The summed E-state index contributed by atoms with van der Waals surface area (Å²) in [6, 6.07) is 16.5. The van der Waals surface area contributed by atoms with Gasteiger partial charge < -0.3 is 34.3 Å². The number of para-hydroxylation sites is 1. The van der Waals surface area contributed by atoms with Crippen molar-refractivity contribution in [3.05, 3.63) is 95.4 Å². The number of ether oxygens (including phenoxy) is 5. The van der Waals surface area contributed by atoms with Crippen molar-refractivity contribution in [3.63, 3.8) is 0 Å². The number of nitrogens with zero attached hydrogens (tertiary/aromatic N) is 1. The molecular formula is C38H51N3O5. The van der Waals surface area contributed by atoms with E-state index in [0.29, 0.717) is 32.3 Å². The van der Waals surface area contributed by atoms with E-state index in [4.69, 9.17) is 23.7 Å². The standard InChI is InChI=1S/C38H51N3O5/c1-39-20-8-7-19-38(29-41-22-25-46-38)35-12-5-3-10-31(35)28-45-37-26-40-21-18-34(37)30-14-16-33(17-15-30)44-24-9-23-43-27-32-11-4-6-13-36(32)42-2/h3-4,6,10-11,13-17,22,25,29,34,37,39-40H,5,7-9,12,18-21,23-24,26-28H2,1-2H3. The molecular weight excluding hydrogens is 578 g/mol. The lowest BCUT2D eigenvalue weighted by Crippen LogP contribution is -2.42. The van der Waals surface area contributed by atoms with Crippen LogP contribution in [-0.2, 0) is 20.8 Å². The van der Waals surface area contributed by atoms with Gasteiger partial charge >= 0.3 is 0 Å². The summed E-state index contributed by atoms with van der Waals surface area (Å²) in [6.45, 7) is 5.15. The van der Waals surface area contributed by atoms with Gasteiger partial charge in [0.25, 0.3) is 0 Å². The second kappa shape index (κ2) is 18.0. The fraction of sp³-hybridized carbons (Fsp3) is 0.500. The van der Waals surface area contributed by atoms with Crippen LogP contribution in [0.5, 0.6) is 11.5 Å². The third-order valence-corrected chi connectivity index (χ3v) is 9.05. The zero-order valence-corrected chi connectivity index (χ0v) is 27.5. The first-order valence-corrected chi connectivity index (χ1v) is 16.9. The lowest BCUT2D eigenvalue weighted by atomic mass is 9.80. The van der Waals surface area contributed by atoms with Crippen LogP contribution in [0.25, 0.3) is 0 Å². The van der Waals surface area contributed by atoms with Crippen molar-refractivity contribution in [2.75, 3.05) is 53.6 Å². The first-order valence-electron chi connectivity index (χ1n) is 16.9. The van der Waals surface area contributed by atoms with E-state index in [1.54, 1.807) is 19.6 Å². The fourth-order valence-corrected chi connectivity index (χ4v) is 6.58. The molecule has 3 atom stereocenters. The average molecular weight is 630 g/mol. The number of piperidine rings is 1. The van der Waals surface area contributed by atoms with Crippen molar-refractivity contribution in [2.45, 2.75) is 69.2 Å². The number of hydrogen-bond acceptors (Lipinski definition) is 8. The van der Waals surface area contributed by atoms with E-state index in [0.717, 1.165) is 81.6 Å². The molecule has 3 aliphatic rings. The molecule has 5 rings (SSSR count). The highest BCUT2D eigenvalue weighted by molar-refractivity contribution is 5.76. The van der Waals surface area contributed by atoms with E-state index < -0.39 is 5.60 Å². The third-order valence-electron chi connectivity index (χ3n) is 9.05. The zero-order valence-electron chi connectivity index (χ0n) is 27.5. The minimum atomic E-state index is -0.493. The van der Waals surface area contributed by atoms with Crippen molar-refractivity contribution >= 4 is 6.21 Å².